The number of nitrogens with one attached hydrogen (secondary N) is 2. The maximum Gasteiger partial charge on any atom is 0.252 e. The Hall–Kier alpha value is -3.91. The first kappa shape index (κ1) is 20.8. The zero-order chi connectivity index (χ0) is 21.8. The van der Waals surface area contributed by atoms with Gasteiger partial charge in [-0.25, -0.2) is 10.2 Å². The highest BCUT2D eigenvalue weighted by molar-refractivity contribution is 6.01. The molecule has 3 aromatic rings. The monoisotopic (exact) mass is 408 g/mol. The molecule has 0 aliphatic carbocycles. The van der Waals surface area contributed by atoms with E-state index in [0.717, 1.165) is 0 Å². The molecule has 3 rings (SSSR count). The number of ether oxygens (including phenoxy) is 2. The highest BCUT2D eigenvalue weighted by Crippen LogP contribution is 2.43. The van der Waals surface area contributed by atoms with E-state index in [9.17, 15) is 9.18 Å². The summed E-state index contributed by atoms with van der Waals surface area (Å²) in [4.78, 5) is 12.1. The number of halogens is 1. The van der Waals surface area contributed by atoms with Crippen molar-refractivity contribution in [2.75, 3.05) is 7.11 Å². The Bertz CT molecular complexity index is 1130. The van der Waals surface area contributed by atoms with Crippen LogP contribution in [0.4, 0.5) is 4.39 Å². The zero-order valence-electron chi connectivity index (χ0n) is 16.5. The van der Waals surface area contributed by atoms with Gasteiger partial charge in [-0.1, -0.05) is 18.2 Å². The van der Waals surface area contributed by atoms with Gasteiger partial charge in [-0.05, 0) is 54.4 Å². The molecule has 0 bridgehead atoms. The number of hydrazine groups is 1. The summed E-state index contributed by atoms with van der Waals surface area (Å²) in [6, 6.07) is 14.1. The van der Waals surface area contributed by atoms with Crippen LogP contribution in [0.5, 0.6) is 17.2 Å². The van der Waals surface area contributed by atoms with Gasteiger partial charge in [0.25, 0.3) is 5.91 Å². The quantitative estimate of drug-likeness (QED) is 0.215. The second-order valence-electron chi connectivity index (χ2n) is 6.50. The number of nitrogens with two attached hydrogens (primary N) is 2. The van der Waals surface area contributed by atoms with E-state index in [1.807, 2.05) is 0 Å². The molecule has 8 heteroatoms. The van der Waals surface area contributed by atoms with Crippen molar-refractivity contribution in [1.82, 2.24) is 5.43 Å². The van der Waals surface area contributed by atoms with Crippen LogP contribution in [0.3, 0.4) is 0 Å². The first-order valence-corrected chi connectivity index (χ1v) is 8.96. The van der Waals surface area contributed by atoms with Crippen LogP contribution in [0.25, 0.3) is 11.1 Å². The Kier molecular flexibility index (Phi) is 5.98. The molecule has 0 fully saturated rings. The van der Waals surface area contributed by atoms with Crippen LogP contribution < -0.4 is 26.5 Å². The highest BCUT2D eigenvalue weighted by atomic mass is 19.1. The van der Waals surface area contributed by atoms with E-state index in [2.05, 4.69) is 5.43 Å². The van der Waals surface area contributed by atoms with Crippen LogP contribution in [0.1, 0.15) is 21.5 Å². The summed E-state index contributed by atoms with van der Waals surface area (Å²) in [7, 11) is 1.49. The van der Waals surface area contributed by atoms with E-state index in [4.69, 9.17) is 26.5 Å². The van der Waals surface area contributed by atoms with E-state index in [0.29, 0.717) is 33.8 Å². The first-order chi connectivity index (χ1) is 14.3. The van der Waals surface area contributed by atoms with Crippen LogP contribution in [-0.4, -0.2) is 18.9 Å². The number of carbonyl (C=O) groups excluding carboxylic acids is 1. The third-order valence-electron chi connectivity index (χ3n) is 4.54. The minimum absolute atomic E-state index is 0.0127. The van der Waals surface area contributed by atoms with Crippen molar-refractivity contribution in [2.24, 2.45) is 11.6 Å². The van der Waals surface area contributed by atoms with Crippen LogP contribution in [0.15, 0.2) is 54.6 Å². The molecule has 30 heavy (non-hydrogen) atoms. The maximum absolute atomic E-state index is 13.5. The molecule has 1 amide bonds. The van der Waals surface area contributed by atoms with Crippen molar-refractivity contribution in [3.8, 4) is 28.4 Å². The minimum atomic E-state index is -0.693. The SMILES string of the molecule is COc1ccc(C(N)=O)c(Oc2ccc(F)cc2C)c1-c1cccc(C(=N)NN)c1. The van der Waals surface area contributed by atoms with E-state index in [-0.39, 0.29) is 17.1 Å². The molecule has 3 aromatic carbocycles. The van der Waals surface area contributed by atoms with Gasteiger partial charge in [0, 0.05) is 5.56 Å². The summed E-state index contributed by atoms with van der Waals surface area (Å²) in [5.74, 6) is 5.24. The lowest BCUT2D eigenvalue weighted by molar-refractivity contribution is 0.0998. The zero-order valence-corrected chi connectivity index (χ0v) is 16.5. The number of carbonyl (C=O) groups is 1. The fourth-order valence-electron chi connectivity index (χ4n) is 3.06. The van der Waals surface area contributed by atoms with Crippen LogP contribution >= 0.6 is 0 Å². The molecule has 0 aliphatic heterocycles. The number of rotatable bonds is 6. The van der Waals surface area contributed by atoms with Gasteiger partial charge in [-0.3, -0.25) is 10.2 Å². The first-order valence-electron chi connectivity index (χ1n) is 8.96. The number of aryl methyl sites for hydroxylation is 1. The molecule has 0 spiro atoms. The van der Waals surface area contributed by atoms with Gasteiger partial charge in [-0.15, -0.1) is 0 Å². The second kappa shape index (κ2) is 8.62. The molecular weight excluding hydrogens is 387 g/mol. The molecule has 0 unspecified atom stereocenters. The summed E-state index contributed by atoms with van der Waals surface area (Å²) >= 11 is 0. The van der Waals surface area contributed by atoms with Crippen LogP contribution in [0.2, 0.25) is 0 Å². The Balaban J connectivity index is 2.27. The van der Waals surface area contributed by atoms with E-state index in [1.54, 1.807) is 37.3 Å². The fourth-order valence-corrected chi connectivity index (χ4v) is 3.06. The Morgan fingerprint density at radius 2 is 1.83 bits per heavy atom. The number of benzene rings is 3. The van der Waals surface area contributed by atoms with Crippen molar-refractivity contribution in [3.05, 3.63) is 77.1 Å². The number of amidine groups is 1. The molecule has 7 nitrogen and oxygen atoms in total. The molecule has 0 saturated carbocycles. The smallest absolute Gasteiger partial charge is 0.252 e. The highest BCUT2D eigenvalue weighted by Gasteiger charge is 2.22. The van der Waals surface area contributed by atoms with E-state index in [1.165, 1.54) is 31.4 Å². The van der Waals surface area contributed by atoms with E-state index < -0.39 is 11.7 Å². The van der Waals surface area contributed by atoms with Crippen molar-refractivity contribution >= 4 is 11.7 Å². The van der Waals surface area contributed by atoms with Crippen molar-refractivity contribution in [2.45, 2.75) is 6.92 Å². The van der Waals surface area contributed by atoms with Gasteiger partial charge in [-0.2, -0.15) is 0 Å². The van der Waals surface area contributed by atoms with Gasteiger partial charge in [0.2, 0.25) is 0 Å². The summed E-state index contributed by atoms with van der Waals surface area (Å²) < 4.78 is 25.1. The molecule has 0 radical (unpaired) electrons. The number of amides is 1. The Morgan fingerprint density at radius 1 is 1.10 bits per heavy atom. The van der Waals surface area contributed by atoms with Crippen LogP contribution in [-0.2, 0) is 0 Å². The van der Waals surface area contributed by atoms with Crippen molar-refractivity contribution in [1.29, 1.82) is 5.41 Å². The maximum atomic E-state index is 13.5. The molecule has 0 aliphatic rings. The molecule has 0 aromatic heterocycles. The molecule has 6 N–H and O–H groups in total. The Labute approximate surface area is 172 Å². The molecule has 0 heterocycles. The lowest BCUT2D eigenvalue weighted by Crippen LogP contribution is -2.29. The molecule has 154 valence electrons. The normalized spacial score (nSPS) is 10.4. The summed E-state index contributed by atoms with van der Waals surface area (Å²) in [5, 5.41) is 7.92. The average molecular weight is 408 g/mol. The standard InChI is InChI=1S/C22H21FN4O3/c1-12-10-15(23)6-8-17(12)30-20-16(22(25)28)7-9-18(29-2)19(20)13-4-3-5-14(11-13)21(24)27-26/h3-11H,26H2,1-2H3,(H2,24,27)(H2,25,28). The third-order valence-corrected chi connectivity index (χ3v) is 4.54. The van der Waals surface area contributed by atoms with Gasteiger partial charge in [0.05, 0.1) is 18.2 Å². The van der Waals surface area contributed by atoms with Crippen LogP contribution in [0, 0.1) is 18.2 Å². The molecule has 0 saturated heterocycles. The fraction of sp³-hybridized carbons (Fsp3) is 0.0909. The number of primary amides is 1. The molecular formula is C22H21FN4O3. The lowest BCUT2D eigenvalue weighted by atomic mass is 9.97. The number of methoxy groups -OCH3 is 1. The summed E-state index contributed by atoms with van der Waals surface area (Å²) in [6.07, 6.45) is 0. The number of hydrogen-bond acceptors (Lipinski definition) is 5. The molecule has 0 atom stereocenters. The number of hydrogen-bond donors (Lipinski definition) is 4. The third kappa shape index (κ3) is 4.08. The topological polar surface area (TPSA) is 123 Å². The lowest BCUT2D eigenvalue weighted by Gasteiger charge is -2.19. The Morgan fingerprint density at radius 3 is 2.47 bits per heavy atom. The van der Waals surface area contributed by atoms with Gasteiger partial charge < -0.3 is 20.6 Å². The minimum Gasteiger partial charge on any atom is -0.496 e. The largest absolute Gasteiger partial charge is 0.496 e. The predicted octanol–water partition coefficient (Wildman–Crippen LogP) is 3.49. The summed E-state index contributed by atoms with van der Waals surface area (Å²) in [5.41, 5.74) is 10.2. The predicted molar refractivity (Wildman–Crippen MR) is 112 cm³/mol. The van der Waals surface area contributed by atoms with Gasteiger partial charge in [0.1, 0.15) is 23.2 Å². The van der Waals surface area contributed by atoms with Crippen molar-refractivity contribution in [3.63, 3.8) is 0 Å². The summed E-state index contributed by atoms with van der Waals surface area (Å²) in [6.45, 7) is 1.69. The van der Waals surface area contributed by atoms with Gasteiger partial charge >= 0.3 is 0 Å². The van der Waals surface area contributed by atoms with E-state index >= 15 is 0 Å². The average Bonchev–Trinajstić information content (AvgIpc) is 2.74. The van der Waals surface area contributed by atoms with Gasteiger partial charge in [0.15, 0.2) is 5.75 Å². The van der Waals surface area contributed by atoms with Crippen molar-refractivity contribution < 1.29 is 18.7 Å². The second-order valence-corrected chi connectivity index (χ2v) is 6.50.